The number of nitrogens with zero attached hydrogens (tertiary/aromatic N) is 4. The average molecular weight is 812 g/mol. The number of aliphatic carboxylic acids is 1. The van der Waals surface area contributed by atoms with Crippen LogP contribution in [0.25, 0.3) is 22.3 Å². The zero-order valence-corrected chi connectivity index (χ0v) is 31.3. The van der Waals surface area contributed by atoms with Crippen LogP contribution in [0.1, 0.15) is 106 Å². The van der Waals surface area contributed by atoms with Crippen LogP contribution >= 0.6 is 0 Å². The summed E-state index contributed by atoms with van der Waals surface area (Å²) in [5, 5.41) is 13.4. The van der Waals surface area contributed by atoms with Crippen molar-refractivity contribution < 1.29 is 54.6 Å². The SMILES string of the molecule is CN(CC(F)(F)F)C1CCC(Oc2ccc3c(-c4ncc(C(=O)NC5(C(=O)O)C6CC7CC(C6)CC5C7)c(C(F)(F)F)n4)cn(C4CCC(F)(F)CC4)c3c2)CC1. The molecule has 310 valence electrons. The molecule has 0 atom stereocenters. The number of benzene rings is 1. The van der Waals surface area contributed by atoms with E-state index < -0.39 is 71.4 Å². The Hall–Kier alpha value is -4.02. The Labute approximate surface area is 323 Å². The molecule has 9 rings (SSSR count). The Morgan fingerprint density at radius 1 is 0.947 bits per heavy atom. The molecule has 2 aromatic heterocycles. The Morgan fingerprint density at radius 3 is 2.16 bits per heavy atom. The van der Waals surface area contributed by atoms with Gasteiger partial charge in [0.05, 0.1) is 23.7 Å². The molecule has 6 aliphatic rings. The van der Waals surface area contributed by atoms with Gasteiger partial charge in [-0.05, 0) is 113 Å². The molecule has 6 aliphatic carbocycles. The predicted octanol–water partition coefficient (Wildman–Crippen LogP) is 9.06. The number of carboxylic acids is 1. The Balaban J connectivity index is 1.09. The average Bonchev–Trinajstić information content (AvgIpc) is 3.50. The number of alkyl halides is 8. The number of rotatable bonds is 9. The summed E-state index contributed by atoms with van der Waals surface area (Å²) in [6.07, 6.45) is -2.69. The molecule has 0 saturated heterocycles. The van der Waals surface area contributed by atoms with E-state index >= 15 is 0 Å². The second kappa shape index (κ2) is 14.4. The van der Waals surface area contributed by atoms with Crippen molar-refractivity contribution in [3.63, 3.8) is 0 Å². The minimum absolute atomic E-state index is 0.0966. The van der Waals surface area contributed by atoms with E-state index in [0.717, 1.165) is 12.6 Å². The van der Waals surface area contributed by atoms with E-state index in [2.05, 4.69) is 15.3 Å². The van der Waals surface area contributed by atoms with E-state index in [-0.39, 0.29) is 49.2 Å². The van der Waals surface area contributed by atoms with Gasteiger partial charge in [-0.3, -0.25) is 9.69 Å². The number of hydrogen-bond donors (Lipinski definition) is 2. The van der Waals surface area contributed by atoms with E-state index in [1.807, 2.05) is 0 Å². The fraction of sp³-hybridized carbons (Fsp3) is 0.650. The molecule has 3 aromatic rings. The van der Waals surface area contributed by atoms with Crippen LogP contribution in [0.4, 0.5) is 35.1 Å². The minimum Gasteiger partial charge on any atom is -0.490 e. The van der Waals surface area contributed by atoms with Crippen molar-refractivity contribution in [2.24, 2.45) is 23.7 Å². The first-order valence-electron chi connectivity index (χ1n) is 19.8. The van der Waals surface area contributed by atoms with Crippen molar-refractivity contribution in [2.45, 2.75) is 125 Å². The van der Waals surface area contributed by atoms with Crippen LogP contribution in [0.5, 0.6) is 5.75 Å². The van der Waals surface area contributed by atoms with Gasteiger partial charge in [-0.2, -0.15) is 26.3 Å². The van der Waals surface area contributed by atoms with Crippen molar-refractivity contribution in [1.29, 1.82) is 0 Å². The van der Waals surface area contributed by atoms with E-state index in [0.29, 0.717) is 79.9 Å². The summed E-state index contributed by atoms with van der Waals surface area (Å²) in [6.45, 7) is -1.01. The van der Waals surface area contributed by atoms with Gasteiger partial charge in [-0.15, -0.1) is 0 Å². The lowest BCUT2D eigenvalue weighted by molar-refractivity contribution is -0.163. The minimum atomic E-state index is -5.13. The van der Waals surface area contributed by atoms with Gasteiger partial charge >= 0.3 is 18.3 Å². The molecule has 6 fully saturated rings. The van der Waals surface area contributed by atoms with Crippen LogP contribution in [0, 0.1) is 23.7 Å². The van der Waals surface area contributed by atoms with Crippen molar-refractivity contribution in [2.75, 3.05) is 13.6 Å². The van der Waals surface area contributed by atoms with Crippen LogP contribution in [-0.2, 0) is 11.0 Å². The first-order chi connectivity index (χ1) is 26.8. The summed E-state index contributed by atoms with van der Waals surface area (Å²) in [6, 6.07) is 4.23. The van der Waals surface area contributed by atoms with Crippen LogP contribution in [0.3, 0.4) is 0 Å². The fourth-order valence-corrected chi connectivity index (χ4v) is 11.0. The summed E-state index contributed by atoms with van der Waals surface area (Å²) in [5.41, 5.74) is -3.46. The quantitative estimate of drug-likeness (QED) is 0.208. The number of carboxylic acid groups (broad SMARTS) is 1. The van der Waals surface area contributed by atoms with Gasteiger partial charge in [-0.25, -0.2) is 23.5 Å². The largest absolute Gasteiger partial charge is 0.490 e. The van der Waals surface area contributed by atoms with E-state index in [4.69, 9.17) is 4.74 Å². The highest BCUT2D eigenvalue weighted by Gasteiger charge is 2.62. The lowest BCUT2D eigenvalue weighted by atomic mass is 9.48. The summed E-state index contributed by atoms with van der Waals surface area (Å²) < 4.78 is 120. The number of nitrogens with one attached hydrogen (secondary N) is 1. The van der Waals surface area contributed by atoms with Gasteiger partial charge in [0.2, 0.25) is 5.92 Å². The van der Waals surface area contributed by atoms with E-state index in [9.17, 15) is 49.8 Å². The van der Waals surface area contributed by atoms with E-state index in [1.165, 1.54) is 18.1 Å². The third-order valence-electron chi connectivity index (χ3n) is 13.5. The molecule has 9 nitrogen and oxygen atoms in total. The van der Waals surface area contributed by atoms with Crippen LogP contribution in [0.15, 0.2) is 30.6 Å². The standard InChI is InChI=1S/C40H45F8N5O4/c1-52(20-38(43,44)45)25-2-4-27(5-3-25)57-28-6-7-29-31(19-53(32(29)17-28)26-8-10-37(41,42)11-9-26)34-49-18-30(33(50-34)40(46,47)48)35(54)51-39(36(55)56)23-13-21-12-22(15-23)16-24(39)14-21/h6-7,17-19,21-27H,2-5,8-16,20H2,1H3,(H,51,54)(H,55,56). The maximum absolute atomic E-state index is 14.8. The third kappa shape index (κ3) is 7.69. The smallest absolute Gasteiger partial charge is 0.434 e. The van der Waals surface area contributed by atoms with Gasteiger partial charge < -0.3 is 19.7 Å². The number of carbonyl (C=O) groups excluding carboxylic acids is 1. The zero-order valence-electron chi connectivity index (χ0n) is 31.3. The number of carbonyl (C=O) groups is 2. The molecule has 0 unspecified atom stereocenters. The van der Waals surface area contributed by atoms with Gasteiger partial charge in [0, 0.05) is 54.3 Å². The molecule has 1 amide bonds. The molecule has 0 aliphatic heterocycles. The second-order valence-corrected chi connectivity index (χ2v) is 17.2. The van der Waals surface area contributed by atoms with Crippen LogP contribution in [-0.4, -0.2) is 79.8 Å². The zero-order chi connectivity index (χ0) is 40.7. The Morgan fingerprint density at radius 2 is 1.58 bits per heavy atom. The fourth-order valence-electron chi connectivity index (χ4n) is 11.0. The van der Waals surface area contributed by atoms with Crippen LogP contribution < -0.4 is 10.1 Å². The summed E-state index contributed by atoms with van der Waals surface area (Å²) in [7, 11) is 1.45. The molecule has 0 spiro atoms. The molecular formula is C40H45F8N5O4. The highest BCUT2D eigenvalue weighted by Crippen LogP contribution is 2.58. The molecular weight excluding hydrogens is 766 g/mol. The molecule has 2 heterocycles. The normalized spacial score (nSPS) is 30.2. The maximum Gasteiger partial charge on any atom is 0.434 e. The Kier molecular flexibility index (Phi) is 10.0. The first kappa shape index (κ1) is 39.8. The summed E-state index contributed by atoms with van der Waals surface area (Å²) in [4.78, 5) is 36.0. The van der Waals surface area contributed by atoms with Gasteiger partial charge in [0.25, 0.3) is 5.91 Å². The number of hydrogen-bond acceptors (Lipinski definition) is 6. The van der Waals surface area contributed by atoms with Crippen molar-refractivity contribution >= 4 is 22.8 Å². The predicted molar refractivity (Wildman–Crippen MR) is 191 cm³/mol. The van der Waals surface area contributed by atoms with Gasteiger partial charge in [0.1, 0.15) is 11.3 Å². The number of amides is 1. The molecule has 6 saturated carbocycles. The third-order valence-corrected chi connectivity index (χ3v) is 13.5. The number of aromatic nitrogens is 3. The molecule has 17 heteroatoms. The van der Waals surface area contributed by atoms with Crippen molar-refractivity contribution in [3.05, 3.63) is 41.9 Å². The lowest BCUT2D eigenvalue weighted by Gasteiger charge is -2.59. The topological polar surface area (TPSA) is 110 Å². The first-order valence-corrected chi connectivity index (χ1v) is 19.8. The van der Waals surface area contributed by atoms with Gasteiger partial charge in [0.15, 0.2) is 11.5 Å². The number of ether oxygens (including phenoxy) is 1. The van der Waals surface area contributed by atoms with Crippen molar-refractivity contribution in [3.8, 4) is 17.1 Å². The maximum atomic E-state index is 14.8. The van der Waals surface area contributed by atoms with Gasteiger partial charge in [-0.1, -0.05) is 0 Å². The second-order valence-electron chi connectivity index (χ2n) is 17.2. The molecule has 57 heavy (non-hydrogen) atoms. The highest BCUT2D eigenvalue weighted by molar-refractivity contribution is 6.00. The van der Waals surface area contributed by atoms with Crippen LogP contribution in [0.2, 0.25) is 0 Å². The summed E-state index contributed by atoms with van der Waals surface area (Å²) in [5.74, 6) is -5.40. The highest BCUT2D eigenvalue weighted by atomic mass is 19.4. The molecule has 0 radical (unpaired) electrons. The number of halogens is 8. The monoisotopic (exact) mass is 811 g/mol. The molecule has 4 bridgehead atoms. The van der Waals surface area contributed by atoms with E-state index in [1.54, 1.807) is 22.8 Å². The molecule has 1 aromatic carbocycles. The molecule has 2 N–H and O–H groups in total. The number of fused-ring (bicyclic) bond motifs is 1. The lowest BCUT2D eigenvalue weighted by Crippen LogP contribution is -2.70. The Bertz CT molecular complexity index is 1990. The van der Waals surface area contributed by atoms with Crippen molar-refractivity contribution in [1.82, 2.24) is 24.8 Å². The summed E-state index contributed by atoms with van der Waals surface area (Å²) >= 11 is 0.